The fraction of sp³-hybridized carbons (Fsp3) is 0. The third kappa shape index (κ3) is 1.54. The highest BCUT2D eigenvalue weighted by molar-refractivity contribution is 6.01. The molecule has 6 aromatic rings. The van der Waals surface area contributed by atoms with Gasteiger partial charge in [0.2, 0.25) is 0 Å². The predicted octanol–water partition coefficient (Wildman–Crippen LogP) is 3.81. The SMILES string of the molecule is O=c1c2cc3ccccc3cc2n2c3cc4ccccc4cc3c(=O)n12. The molecule has 0 aliphatic heterocycles. The van der Waals surface area contributed by atoms with Crippen molar-refractivity contribution >= 4 is 43.4 Å². The van der Waals surface area contributed by atoms with Gasteiger partial charge in [-0.25, -0.2) is 4.52 Å². The van der Waals surface area contributed by atoms with E-state index in [0.29, 0.717) is 10.8 Å². The van der Waals surface area contributed by atoms with Gasteiger partial charge in [0.05, 0.1) is 21.8 Å². The Hall–Kier alpha value is -3.66. The molecule has 4 aromatic carbocycles. The smallest absolute Gasteiger partial charge is 0.267 e. The molecule has 0 amide bonds. The molecule has 0 bridgehead atoms. The van der Waals surface area contributed by atoms with Gasteiger partial charge in [-0.05, 0) is 45.8 Å². The summed E-state index contributed by atoms with van der Waals surface area (Å²) < 4.78 is 3.02. The molecular formula is C22H12N2O2. The summed E-state index contributed by atoms with van der Waals surface area (Å²) in [4.78, 5) is 25.9. The maximum Gasteiger partial charge on any atom is 0.282 e. The lowest BCUT2D eigenvalue weighted by Crippen LogP contribution is -2.21. The van der Waals surface area contributed by atoms with Gasteiger partial charge in [-0.2, -0.15) is 4.52 Å². The summed E-state index contributed by atoms with van der Waals surface area (Å²) in [5.74, 6) is 0. The van der Waals surface area contributed by atoms with Crippen molar-refractivity contribution in [2.75, 3.05) is 0 Å². The molecule has 0 aliphatic carbocycles. The van der Waals surface area contributed by atoms with Gasteiger partial charge in [0, 0.05) is 0 Å². The second-order valence-corrected chi connectivity index (χ2v) is 6.67. The van der Waals surface area contributed by atoms with E-state index in [1.165, 1.54) is 4.52 Å². The number of rotatable bonds is 0. The summed E-state index contributed by atoms with van der Waals surface area (Å²) in [6, 6.07) is 23.5. The molecule has 0 radical (unpaired) electrons. The fourth-order valence-corrected chi connectivity index (χ4v) is 4.00. The van der Waals surface area contributed by atoms with Gasteiger partial charge in [0.15, 0.2) is 0 Å². The molecule has 0 fully saturated rings. The highest BCUT2D eigenvalue weighted by Gasteiger charge is 2.18. The van der Waals surface area contributed by atoms with E-state index < -0.39 is 0 Å². The van der Waals surface area contributed by atoms with Gasteiger partial charge in [0.25, 0.3) is 11.1 Å². The zero-order valence-electron chi connectivity index (χ0n) is 13.6. The van der Waals surface area contributed by atoms with Crippen molar-refractivity contribution in [3.63, 3.8) is 0 Å². The monoisotopic (exact) mass is 336 g/mol. The van der Waals surface area contributed by atoms with Crippen LogP contribution in [0.25, 0.3) is 43.4 Å². The maximum atomic E-state index is 13.0. The van der Waals surface area contributed by atoms with Crippen LogP contribution >= 0.6 is 0 Å². The van der Waals surface area contributed by atoms with Gasteiger partial charge < -0.3 is 0 Å². The highest BCUT2D eigenvalue weighted by atomic mass is 16.2. The minimum Gasteiger partial charge on any atom is -0.267 e. The summed E-state index contributed by atoms with van der Waals surface area (Å²) in [6.45, 7) is 0. The van der Waals surface area contributed by atoms with Gasteiger partial charge in [0.1, 0.15) is 0 Å². The number of nitrogens with zero attached hydrogens (tertiary/aromatic N) is 2. The Balaban J connectivity index is 1.95. The Morgan fingerprint density at radius 3 is 1.31 bits per heavy atom. The van der Waals surface area contributed by atoms with Crippen molar-refractivity contribution < 1.29 is 0 Å². The van der Waals surface area contributed by atoms with Crippen LogP contribution in [0.3, 0.4) is 0 Å². The molecule has 4 heteroatoms. The third-order valence-electron chi connectivity index (χ3n) is 5.23. The van der Waals surface area contributed by atoms with Crippen LogP contribution in [0.15, 0.2) is 82.4 Å². The number of benzene rings is 4. The summed E-state index contributed by atoms with van der Waals surface area (Å²) in [5.41, 5.74) is 0.985. The lowest BCUT2D eigenvalue weighted by Gasteiger charge is -2.00. The first-order valence-corrected chi connectivity index (χ1v) is 8.47. The van der Waals surface area contributed by atoms with Crippen molar-refractivity contribution in [3.8, 4) is 0 Å². The Morgan fingerprint density at radius 2 is 0.885 bits per heavy atom. The quantitative estimate of drug-likeness (QED) is 0.423. The van der Waals surface area contributed by atoms with Crippen LogP contribution in [0.1, 0.15) is 0 Å². The van der Waals surface area contributed by atoms with Crippen molar-refractivity contribution in [2.24, 2.45) is 0 Å². The highest BCUT2D eigenvalue weighted by Crippen LogP contribution is 2.25. The van der Waals surface area contributed by atoms with Crippen LogP contribution in [-0.2, 0) is 0 Å². The molecule has 26 heavy (non-hydrogen) atoms. The summed E-state index contributed by atoms with van der Waals surface area (Å²) >= 11 is 0. The van der Waals surface area contributed by atoms with Crippen LogP contribution < -0.4 is 11.1 Å². The van der Waals surface area contributed by atoms with Gasteiger partial charge >= 0.3 is 0 Å². The molecule has 0 spiro atoms. The van der Waals surface area contributed by atoms with Crippen LogP contribution in [0.5, 0.6) is 0 Å². The topological polar surface area (TPSA) is 43.0 Å². The summed E-state index contributed by atoms with van der Waals surface area (Å²) in [5, 5.41) is 5.21. The summed E-state index contributed by atoms with van der Waals surface area (Å²) in [6.07, 6.45) is 0. The van der Waals surface area contributed by atoms with Crippen LogP contribution in [-0.4, -0.2) is 9.03 Å². The molecule has 0 N–H and O–H groups in total. The van der Waals surface area contributed by atoms with Crippen LogP contribution in [0.4, 0.5) is 0 Å². The first-order chi connectivity index (χ1) is 12.7. The van der Waals surface area contributed by atoms with Gasteiger partial charge in [-0.3, -0.25) is 9.59 Å². The van der Waals surface area contributed by atoms with Crippen LogP contribution in [0, 0.1) is 0 Å². The third-order valence-corrected chi connectivity index (χ3v) is 5.23. The number of aromatic nitrogens is 2. The molecule has 2 heterocycles. The maximum absolute atomic E-state index is 13.0. The van der Waals surface area contributed by atoms with E-state index in [0.717, 1.165) is 32.6 Å². The molecule has 0 saturated heterocycles. The van der Waals surface area contributed by atoms with Crippen molar-refractivity contribution in [1.29, 1.82) is 0 Å². The van der Waals surface area contributed by atoms with Crippen molar-refractivity contribution in [1.82, 2.24) is 9.03 Å². The van der Waals surface area contributed by atoms with Crippen molar-refractivity contribution in [2.45, 2.75) is 0 Å². The zero-order valence-corrected chi connectivity index (χ0v) is 13.6. The normalized spacial score (nSPS) is 12.2. The first kappa shape index (κ1) is 13.6. The van der Waals surface area contributed by atoms with E-state index in [2.05, 4.69) is 0 Å². The van der Waals surface area contributed by atoms with E-state index in [-0.39, 0.29) is 11.1 Å². The molecule has 0 saturated carbocycles. The number of hydrogen-bond acceptors (Lipinski definition) is 2. The average Bonchev–Trinajstić information content (AvgIpc) is 3.12. The van der Waals surface area contributed by atoms with Gasteiger partial charge in [-0.1, -0.05) is 48.5 Å². The van der Waals surface area contributed by atoms with E-state index >= 15 is 0 Å². The molecule has 122 valence electrons. The van der Waals surface area contributed by atoms with E-state index in [1.807, 2.05) is 72.8 Å². The molecule has 2 aromatic heterocycles. The van der Waals surface area contributed by atoms with E-state index in [9.17, 15) is 9.59 Å². The Kier molecular flexibility index (Phi) is 2.35. The molecule has 6 rings (SSSR count). The Labute approximate surface area is 146 Å². The average molecular weight is 336 g/mol. The second kappa shape index (κ2) is 4.49. The number of hydrogen-bond donors (Lipinski definition) is 0. The minimum atomic E-state index is -0.268. The van der Waals surface area contributed by atoms with E-state index in [1.54, 1.807) is 4.52 Å². The molecule has 4 nitrogen and oxygen atoms in total. The minimum absolute atomic E-state index is 0.268. The van der Waals surface area contributed by atoms with E-state index in [4.69, 9.17) is 0 Å². The molecule has 0 unspecified atom stereocenters. The lowest BCUT2D eigenvalue weighted by molar-refractivity contribution is 0.841. The van der Waals surface area contributed by atoms with Crippen molar-refractivity contribution in [3.05, 3.63) is 93.5 Å². The fourth-order valence-electron chi connectivity index (χ4n) is 4.00. The largest absolute Gasteiger partial charge is 0.282 e. The Bertz CT molecular complexity index is 1500. The second-order valence-electron chi connectivity index (χ2n) is 6.67. The van der Waals surface area contributed by atoms with Crippen LogP contribution in [0.2, 0.25) is 0 Å². The summed E-state index contributed by atoms with van der Waals surface area (Å²) in [7, 11) is 0. The molecule has 0 aliphatic rings. The number of fused-ring (bicyclic) bond motifs is 7. The molecule has 0 atom stereocenters. The Morgan fingerprint density at radius 1 is 0.500 bits per heavy atom. The first-order valence-electron chi connectivity index (χ1n) is 8.47. The zero-order chi connectivity index (χ0) is 17.4. The van der Waals surface area contributed by atoms with Gasteiger partial charge in [-0.15, -0.1) is 0 Å². The standard InChI is InChI=1S/C22H12N2O2/c25-21-17-9-13-5-1-3-7-15(13)11-19(17)23-20-12-16-8-4-2-6-14(16)10-18(20)22(26)24(21)23/h1-12H. The predicted molar refractivity (Wildman–Crippen MR) is 105 cm³/mol. The lowest BCUT2D eigenvalue weighted by atomic mass is 10.1. The molecular weight excluding hydrogens is 324 g/mol.